The molecular formula is C12H14F4N2. The molecule has 0 radical (unpaired) electrons. The van der Waals surface area contributed by atoms with Crippen LogP contribution in [0.15, 0.2) is 0 Å². The Morgan fingerprint density at radius 1 is 1.17 bits per heavy atom. The Kier molecular flexibility index (Phi) is 3.73. The minimum absolute atomic E-state index is 0.192. The second-order valence-electron chi connectivity index (χ2n) is 4.62. The molecule has 0 saturated heterocycles. The lowest BCUT2D eigenvalue weighted by Crippen LogP contribution is -2.22. The number of nitrogens with one attached hydrogen (secondary N) is 1. The molecule has 1 fully saturated rings. The third-order valence-corrected chi connectivity index (χ3v) is 3.15. The molecule has 1 aromatic heterocycles. The minimum atomic E-state index is -1.63. The first-order valence-corrected chi connectivity index (χ1v) is 5.99. The molecule has 2 nitrogen and oxygen atoms in total. The summed E-state index contributed by atoms with van der Waals surface area (Å²) in [4.78, 5) is 2.52. The number of hydrogen-bond donors (Lipinski definition) is 1. The van der Waals surface area contributed by atoms with Crippen LogP contribution in [0.1, 0.15) is 32.6 Å². The maximum atomic E-state index is 13.4. The standard InChI is InChI=1S/C12H14F4N2/c1-2-7(5-6-3-4-6)17-10-8(13)11(15)18-12(16)9(10)14/h6-7H,2-5H2,1H3,(H,17,18). The molecule has 2 rings (SSSR count). The smallest absolute Gasteiger partial charge is 0.253 e. The highest BCUT2D eigenvalue weighted by Crippen LogP contribution is 2.35. The van der Waals surface area contributed by atoms with Crippen molar-refractivity contribution < 1.29 is 17.6 Å². The topological polar surface area (TPSA) is 24.9 Å². The zero-order valence-corrected chi connectivity index (χ0v) is 9.94. The van der Waals surface area contributed by atoms with Crippen molar-refractivity contribution >= 4 is 5.69 Å². The van der Waals surface area contributed by atoms with Gasteiger partial charge in [-0.25, -0.2) is 0 Å². The second-order valence-corrected chi connectivity index (χ2v) is 4.62. The molecule has 18 heavy (non-hydrogen) atoms. The van der Waals surface area contributed by atoms with Crippen LogP contribution in [-0.2, 0) is 0 Å². The van der Waals surface area contributed by atoms with Crippen LogP contribution in [0.5, 0.6) is 0 Å². The van der Waals surface area contributed by atoms with E-state index in [0.717, 1.165) is 19.3 Å². The fourth-order valence-corrected chi connectivity index (χ4v) is 1.90. The van der Waals surface area contributed by atoms with Crippen LogP contribution in [0.2, 0.25) is 0 Å². The van der Waals surface area contributed by atoms with Crippen molar-refractivity contribution in [3.05, 3.63) is 23.5 Å². The van der Waals surface area contributed by atoms with Crippen LogP contribution >= 0.6 is 0 Å². The Morgan fingerprint density at radius 2 is 1.72 bits per heavy atom. The van der Waals surface area contributed by atoms with Crippen molar-refractivity contribution in [1.29, 1.82) is 0 Å². The quantitative estimate of drug-likeness (QED) is 0.647. The molecule has 1 aromatic rings. The van der Waals surface area contributed by atoms with Crippen molar-refractivity contribution in [2.45, 2.75) is 38.6 Å². The first-order chi connectivity index (χ1) is 8.52. The Balaban J connectivity index is 2.20. The predicted octanol–water partition coefficient (Wildman–Crippen LogP) is 3.63. The van der Waals surface area contributed by atoms with Gasteiger partial charge in [-0.2, -0.15) is 22.5 Å². The molecule has 0 amide bonds. The van der Waals surface area contributed by atoms with E-state index in [1.54, 1.807) is 0 Å². The van der Waals surface area contributed by atoms with Gasteiger partial charge >= 0.3 is 0 Å². The van der Waals surface area contributed by atoms with Gasteiger partial charge in [-0.15, -0.1) is 0 Å². The third kappa shape index (κ3) is 2.73. The van der Waals surface area contributed by atoms with E-state index in [4.69, 9.17) is 0 Å². The van der Waals surface area contributed by atoms with Crippen LogP contribution in [0.4, 0.5) is 23.2 Å². The average Bonchev–Trinajstić information content (AvgIpc) is 3.14. The first kappa shape index (κ1) is 13.1. The number of aromatic nitrogens is 1. The molecule has 0 aliphatic heterocycles. The monoisotopic (exact) mass is 262 g/mol. The van der Waals surface area contributed by atoms with Crippen molar-refractivity contribution in [3.63, 3.8) is 0 Å². The number of rotatable bonds is 5. The maximum Gasteiger partial charge on any atom is 0.253 e. The first-order valence-electron chi connectivity index (χ1n) is 5.99. The number of pyridine rings is 1. The lowest BCUT2D eigenvalue weighted by atomic mass is 10.1. The summed E-state index contributed by atoms with van der Waals surface area (Å²) >= 11 is 0. The van der Waals surface area contributed by atoms with Gasteiger partial charge < -0.3 is 5.32 Å². The van der Waals surface area contributed by atoms with Crippen LogP contribution in [0.25, 0.3) is 0 Å². The van der Waals surface area contributed by atoms with Gasteiger partial charge in [0.2, 0.25) is 11.6 Å². The predicted molar refractivity (Wildman–Crippen MR) is 59.1 cm³/mol. The van der Waals surface area contributed by atoms with Crippen LogP contribution in [0.3, 0.4) is 0 Å². The molecular weight excluding hydrogens is 248 g/mol. The molecule has 1 atom stereocenters. The summed E-state index contributed by atoms with van der Waals surface area (Å²) in [6, 6.07) is -0.192. The summed E-state index contributed by atoms with van der Waals surface area (Å²) in [5.74, 6) is -5.65. The van der Waals surface area contributed by atoms with Crippen molar-refractivity contribution in [2.75, 3.05) is 5.32 Å². The van der Waals surface area contributed by atoms with Gasteiger partial charge in [-0.05, 0) is 18.8 Å². The van der Waals surface area contributed by atoms with E-state index in [1.807, 2.05) is 6.92 Å². The SMILES string of the molecule is CCC(CC1CC1)Nc1c(F)c(F)nc(F)c1F. The van der Waals surface area contributed by atoms with Gasteiger partial charge in [0.05, 0.1) is 0 Å². The molecule has 1 aliphatic carbocycles. The number of halogens is 4. The Bertz CT molecular complexity index is 420. The van der Waals surface area contributed by atoms with E-state index < -0.39 is 29.2 Å². The van der Waals surface area contributed by atoms with Crippen molar-refractivity contribution in [1.82, 2.24) is 4.98 Å². The third-order valence-electron chi connectivity index (χ3n) is 3.15. The minimum Gasteiger partial charge on any atom is -0.377 e. The molecule has 1 N–H and O–H groups in total. The van der Waals surface area contributed by atoms with E-state index in [1.165, 1.54) is 0 Å². The second kappa shape index (κ2) is 5.12. The van der Waals surface area contributed by atoms with E-state index in [2.05, 4.69) is 10.3 Å². The van der Waals surface area contributed by atoms with Gasteiger partial charge in [0.25, 0.3) is 11.9 Å². The zero-order valence-electron chi connectivity index (χ0n) is 9.94. The lowest BCUT2D eigenvalue weighted by Gasteiger charge is -2.19. The van der Waals surface area contributed by atoms with Crippen molar-refractivity contribution in [3.8, 4) is 0 Å². The number of anilines is 1. The summed E-state index contributed by atoms with van der Waals surface area (Å²) in [7, 11) is 0. The van der Waals surface area contributed by atoms with Crippen LogP contribution in [0, 0.1) is 29.4 Å². The summed E-state index contributed by atoms with van der Waals surface area (Å²) in [5, 5.41) is 2.55. The lowest BCUT2D eigenvalue weighted by molar-refractivity contribution is 0.408. The molecule has 1 heterocycles. The molecule has 1 aliphatic rings. The average molecular weight is 262 g/mol. The molecule has 0 spiro atoms. The molecule has 100 valence electrons. The molecule has 0 bridgehead atoms. The maximum absolute atomic E-state index is 13.4. The number of hydrogen-bond acceptors (Lipinski definition) is 2. The highest BCUT2D eigenvalue weighted by Gasteiger charge is 2.27. The van der Waals surface area contributed by atoms with Crippen LogP contribution < -0.4 is 5.32 Å². The normalized spacial score (nSPS) is 16.7. The van der Waals surface area contributed by atoms with E-state index >= 15 is 0 Å². The molecule has 6 heteroatoms. The van der Waals surface area contributed by atoms with Gasteiger partial charge in [-0.3, -0.25) is 0 Å². The van der Waals surface area contributed by atoms with Gasteiger partial charge in [0.1, 0.15) is 5.69 Å². The fraction of sp³-hybridized carbons (Fsp3) is 0.583. The van der Waals surface area contributed by atoms with Gasteiger partial charge in [0, 0.05) is 6.04 Å². The van der Waals surface area contributed by atoms with Gasteiger partial charge in [-0.1, -0.05) is 19.8 Å². The van der Waals surface area contributed by atoms with Crippen molar-refractivity contribution in [2.24, 2.45) is 5.92 Å². The molecule has 1 saturated carbocycles. The zero-order chi connectivity index (χ0) is 13.3. The Labute approximate surface area is 102 Å². The molecule has 0 aromatic carbocycles. The largest absolute Gasteiger partial charge is 0.377 e. The van der Waals surface area contributed by atoms with E-state index in [-0.39, 0.29) is 6.04 Å². The van der Waals surface area contributed by atoms with E-state index in [9.17, 15) is 17.6 Å². The summed E-state index contributed by atoms with van der Waals surface area (Å²) < 4.78 is 52.6. The number of nitrogens with zero attached hydrogens (tertiary/aromatic N) is 1. The Hall–Kier alpha value is -1.33. The fourth-order valence-electron chi connectivity index (χ4n) is 1.90. The highest BCUT2D eigenvalue weighted by atomic mass is 19.2. The summed E-state index contributed by atoms with van der Waals surface area (Å²) in [6.07, 6.45) is 3.58. The van der Waals surface area contributed by atoms with Gasteiger partial charge in [0.15, 0.2) is 0 Å². The van der Waals surface area contributed by atoms with E-state index in [0.29, 0.717) is 12.3 Å². The van der Waals surface area contributed by atoms with Crippen LogP contribution in [-0.4, -0.2) is 11.0 Å². The summed E-state index contributed by atoms with van der Waals surface area (Å²) in [6.45, 7) is 1.85. The highest BCUT2D eigenvalue weighted by molar-refractivity contribution is 5.46. The summed E-state index contributed by atoms with van der Waals surface area (Å²) in [5.41, 5.74) is -0.757. The molecule has 1 unspecified atom stereocenters. The Morgan fingerprint density at radius 3 is 2.17 bits per heavy atom.